The monoisotopic (exact) mass is 264 g/mol. The molecule has 0 aromatic carbocycles. The number of rotatable bonds is 8. The van der Waals surface area contributed by atoms with E-state index >= 15 is 0 Å². The summed E-state index contributed by atoms with van der Waals surface area (Å²) in [6, 6.07) is 0. The number of hydrogen-bond acceptors (Lipinski definition) is 8. The minimum Gasteiger partial charge on any atom is -0.469 e. The summed E-state index contributed by atoms with van der Waals surface area (Å²) in [7, 11) is 1.18. The first-order valence-electron chi connectivity index (χ1n) is 5.14. The van der Waals surface area contributed by atoms with Gasteiger partial charge >= 0.3 is 11.9 Å². The highest BCUT2D eigenvalue weighted by molar-refractivity contribution is 5.77. The Balaban J connectivity index is 3.91. The molecule has 0 aromatic heterocycles. The van der Waals surface area contributed by atoms with Crippen molar-refractivity contribution >= 4 is 18.2 Å². The van der Waals surface area contributed by atoms with Gasteiger partial charge in [0.1, 0.15) is 24.9 Å². The number of aliphatic hydroxyl groups is 3. The van der Waals surface area contributed by atoms with Crippen molar-refractivity contribution in [3.05, 3.63) is 0 Å². The topological polar surface area (TPSA) is 130 Å². The van der Waals surface area contributed by atoms with Gasteiger partial charge in [-0.1, -0.05) is 0 Å². The van der Waals surface area contributed by atoms with Crippen molar-refractivity contribution in [2.45, 2.75) is 31.2 Å². The lowest BCUT2D eigenvalue weighted by atomic mass is 10.1. The lowest BCUT2D eigenvalue weighted by molar-refractivity contribution is -0.155. The summed E-state index contributed by atoms with van der Waals surface area (Å²) in [6.45, 7) is -0.591. The first kappa shape index (κ1) is 16.5. The predicted octanol–water partition coefficient (Wildman–Crippen LogP) is -2.24. The molecule has 0 saturated carbocycles. The Morgan fingerprint density at radius 1 is 1.17 bits per heavy atom. The molecule has 8 heteroatoms. The molecular formula is C10H16O8. The normalized spacial score (nSPS) is 15.3. The van der Waals surface area contributed by atoms with Crippen molar-refractivity contribution in [1.82, 2.24) is 0 Å². The highest BCUT2D eigenvalue weighted by Crippen LogP contribution is 2.01. The largest absolute Gasteiger partial charge is 0.469 e. The van der Waals surface area contributed by atoms with Crippen LogP contribution in [0.1, 0.15) is 12.8 Å². The first-order chi connectivity index (χ1) is 8.42. The Morgan fingerprint density at radius 3 is 2.22 bits per heavy atom. The van der Waals surface area contributed by atoms with Gasteiger partial charge in [0, 0.05) is 0 Å². The molecule has 3 atom stereocenters. The molecule has 0 spiro atoms. The number of aldehydes is 1. The highest BCUT2D eigenvalue weighted by atomic mass is 16.5. The number of esters is 2. The SMILES string of the molecule is COC(=O)CCC(=O)OC[C@H](O)[C@H](O)[C@@H](O)C=O. The fourth-order valence-electron chi connectivity index (χ4n) is 0.963. The van der Waals surface area contributed by atoms with Crippen LogP contribution >= 0.6 is 0 Å². The van der Waals surface area contributed by atoms with E-state index in [9.17, 15) is 19.5 Å². The molecule has 3 N–H and O–H groups in total. The number of carbonyl (C=O) groups excluding carboxylic acids is 3. The molecule has 0 aliphatic carbocycles. The van der Waals surface area contributed by atoms with Crippen molar-refractivity contribution in [2.75, 3.05) is 13.7 Å². The third-order valence-corrected chi connectivity index (χ3v) is 2.06. The number of hydrogen-bond donors (Lipinski definition) is 3. The molecule has 0 fully saturated rings. The summed E-state index contributed by atoms with van der Waals surface area (Å²) < 4.78 is 8.83. The Bertz CT molecular complexity index is 290. The second kappa shape index (κ2) is 8.56. The summed E-state index contributed by atoms with van der Waals surface area (Å²) in [5.74, 6) is -1.35. The Labute approximate surface area is 103 Å². The average molecular weight is 264 g/mol. The molecule has 0 amide bonds. The number of carbonyl (C=O) groups is 3. The van der Waals surface area contributed by atoms with E-state index in [2.05, 4.69) is 9.47 Å². The molecule has 0 heterocycles. The second-order valence-electron chi connectivity index (χ2n) is 3.44. The third-order valence-electron chi connectivity index (χ3n) is 2.06. The van der Waals surface area contributed by atoms with Crippen LogP contribution in [0.4, 0.5) is 0 Å². The number of ether oxygens (including phenoxy) is 2. The van der Waals surface area contributed by atoms with Gasteiger partial charge in [-0.15, -0.1) is 0 Å². The van der Waals surface area contributed by atoms with Crippen LogP contribution in [0.3, 0.4) is 0 Å². The van der Waals surface area contributed by atoms with Crippen LogP contribution in [0.2, 0.25) is 0 Å². The smallest absolute Gasteiger partial charge is 0.306 e. The van der Waals surface area contributed by atoms with E-state index in [0.29, 0.717) is 0 Å². The van der Waals surface area contributed by atoms with Crippen molar-refractivity contribution in [3.8, 4) is 0 Å². The van der Waals surface area contributed by atoms with Gasteiger partial charge in [-0.3, -0.25) is 9.59 Å². The maximum atomic E-state index is 11.1. The highest BCUT2D eigenvalue weighted by Gasteiger charge is 2.25. The van der Waals surface area contributed by atoms with Crippen LogP contribution in [0.15, 0.2) is 0 Å². The van der Waals surface area contributed by atoms with E-state index in [1.54, 1.807) is 0 Å². The molecular weight excluding hydrogens is 248 g/mol. The molecule has 0 saturated heterocycles. The summed E-state index contributed by atoms with van der Waals surface area (Å²) in [6.07, 6.45) is -5.43. The van der Waals surface area contributed by atoms with Gasteiger partial charge in [-0.05, 0) is 0 Å². The van der Waals surface area contributed by atoms with Gasteiger partial charge in [0.15, 0.2) is 6.29 Å². The lowest BCUT2D eigenvalue weighted by Crippen LogP contribution is -2.41. The van der Waals surface area contributed by atoms with Crippen LogP contribution in [-0.4, -0.2) is 65.6 Å². The van der Waals surface area contributed by atoms with Crippen LogP contribution in [0.25, 0.3) is 0 Å². The molecule has 0 aromatic rings. The maximum absolute atomic E-state index is 11.1. The first-order valence-corrected chi connectivity index (χ1v) is 5.14. The standard InChI is InChI=1S/C10H16O8/c1-17-8(14)2-3-9(15)18-5-7(13)10(16)6(12)4-11/h4,6-7,10,12-13,16H,2-3,5H2,1H3/t6-,7-,10+/m0/s1. The summed E-state index contributed by atoms with van der Waals surface area (Å²) in [5, 5.41) is 27.3. The van der Waals surface area contributed by atoms with E-state index in [4.69, 9.17) is 10.2 Å². The van der Waals surface area contributed by atoms with Crippen LogP contribution in [0, 0.1) is 0 Å². The van der Waals surface area contributed by atoms with Gasteiger partial charge in [0.25, 0.3) is 0 Å². The quantitative estimate of drug-likeness (QED) is 0.331. The fourth-order valence-corrected chi connectivity index (χ4v) is 0.963. The number of methoxy groups -OCH3 is 1. The van der Waals surface area contributed by atoms with Crippen LogP contribution < -0.4 is 0 Å². The molecule has 0 aliphatic rings. The summed E-state index contributed by atoms with van der Waals surface area (Å²) in [5.41, 5.74) is 0. The Hall–Kier alpha value is -1.51. The van der Waals surface area contributed by atoms with Crippen molar-refractivity contribution < 1.29 is 39.2 Å². The molecule has 0 aliphatic heterocycles. The summed E-state index contributed by atoms with van der Waals surface area (Å²) >= 11 is 0. The van der Waals surface area contributed by atoms with Gasteiger partial charge in [-0.2, -0.15) is 0 Å². The number of aliphatic hydroxyl groups excluding tert-OH is 3. The van der Waals surface area contributed by atoms with E-state index in [-0.39, 0.29) is 19.1 Å². The molecule has 0 unspecified atom stereocenters. The zero-order valence-corrected chi connectivity index (χ0v) is 9.81. The van der Waals surface area contributed by atoms with Crippen molar-refractivity contribution in [1.29, 1.82) is 0 Å². The van der Waals surface area contributed by atoms with Gasteiger partial charge in [0.05, 0.1) is 20.0 Å². The summed E-state index contributed by atoms with van der Waals surface area (Å²) in [4.78, 5) is 31.9. The zero-order chi connectivity index (χ0) is 14.1. The molecule has 0 bridgehead atoms. The Morgan fingerprint density at radius 2 is 1.72 bits per heavy atom. The fraction of sp³-hybridized carbons (Fsp3) is 0.700. The molecule has 104 valence electrons. The minimum atomic E-state index is -1.76. The van der Waals surface area contributed by atoms with E-state index < -0.39 is 36.9 Å². The molecule has 0 rings (SSSR count). The molecule has 18 heavy (non-hydrogen) atoms. The van der Waals surface area contributed by atoms with E-state index in [1.165, 1.54) is 7.11 Å². The Kier molecular flexibility index (Phi) is 7.84. The lowest BCUT2D eigenvalue weighted by Gasteiger charge is -2.18. The van der Waals surface area contributed by atoms with Crippen molar-refractivity contribution in [2.24, 2.45) is 0 Å². The molecule has 8 nitrogen and oxygen atoms in total. The predicted molar refractivity (Wildman–Crippen MR) is 56.3 cm³/mol. The van der Waals surface area contributed by atoms with E-state index in [1.807, 2.05) is 0 Å². The van der Waals surface area contributed by atoms with Gasteiger partial charge in [-0.25, -0.2) is 0 Å². The zero-order valence-electron chi connectivity index (χ0n) is 9.81. The average Bonchev–Trinajstić information content (AvgIpc) is 2.39. The van der Waals surface area contributed by atoms with Crippen molar-refractivity contribution in [3.63, 3.8) is 0 Å². The van der Waals surface area contributed by atoms with Crippen LogP contribution in [0.5, 0.6) is 0 Å². The molecule has 0 radical (unpaired) electrons. The third kappa shape index (κ3) is 6.28. The maximum Gasteiger partial charge on any atom is 0.306 e. The van der Waals surface area contributed by atoms with Gasteiger partial charge < -0.3 is 29.6 Å². The van der Waals surface area contributed by atoms with Crippen LogP contribution in [-0.2, 0) is 23.9 Å². The van der Waals surface area contributed by atoms with E-state index in [0.717, 1.165) is 0 Å². The minimum absolute atomic E-state index is 0.0486. The van der Waals surface area contributed by atoms with Gasteiger partial charge in [0.2, 0.25) is 0 Å². The second-order valence-corrected chi connectivity index (χ2v) is 3.44.